The van der Waals surface area contributed by atoms with Gasteiger partial charge in [0.05, 0.1) is 13.2 Å². The van der Waals surface area contributed by atoms with E-state index in [0.717, 1.165) is 22.5 Å². The first-order chi connectivity index (χ1) is 12.3. The van der Waals surface area contributed by atoms with Gasteiger partial charge in [0.2, 0.25) is 0 Å². The molecule has 0 spiro atoms. The van der Waals surface area contributed by atoms with E-state index in [0.29, 0.717) is 29.9 Å². The molecule has 26 heavy (non-hydrogen) atoms. The highest BCUT2D eigenvalue weighted by atomic mass is 32.1. The van der Waals surface area contributed by atoms with E-state index in [1.807, 2.05) is 18.5 Å². The van der Waals surface area contributed by atoms with Crippen molar-refractivity contribution in [2.75, 3.05) is 20.3 Å². The van der Waals surface area contributed by atoms with Crippen LogP contribution in [-0.4, -0.2) is 46.0 Å². The molecule has 0 aliphatic rings. The van der Waals surface area contributed by atoms with Crippen molar-refractivity contribution in [1.82, 2.24) is 30.4 Å². The van der Waals surface area contributed by atoms with Gasteiger partial charge in [-0.15, -0.1) is 21.5 Å². The maximum atomic E-state index is 12.6. The molecule has 0 saturated heterocycles. The summed E-state index contributed by atoms with van der Waals surface area (Å²) in [4.78, 5) is 7.96. The van der Waals surface area contributed by atoms with Crippen LogP contribution in [0.15, 0.2) is 10.4 Å². The number of alkyl halides is 3. The maximum Gasteiger partial charge on any atom is 0.434 e. The molecule has 0 aromatic carbocycles. The summed E-state index contributed by atoms with van der Waals surface area (Å²) in [5.41, 5.74) is -0.889. The van der Waals surface area contributed by atoms with Crippen LogP contribution in [0.25, 0.3) is 0 Å². The van der Waals surface area contributed by atoms with Gasteiger partial charge in [0, 0.05) is 26.1 Å². The highest BCUT2D eigenvalue weighted by molar-refractivity contribution is 7.09. The number of guanidine groups is 1. The number of ether oxygens (including phenoxy) is 1. The number of methoxy groups -OCH3 is 1. The Morgan fingerprint density at radius 1 is 1.35 bits per heavy atom. The average Bonchev–Trinajstić information content (AvgIpc) is 3.18. The highest BCUT2D eigenvalue weighted by Gasteiger charge is 2.33. The van der Waals surface area contributed by atoms with Gasteiger partial charge in [-0.3, -0.25) is 0 Å². The predicted molar refractivity (Wildman–Crippen MR) is 90.7 cm³/mol. The summed E-state index contributed by atoms with van der Waals surface area (Å²) in [6.07, 6.45) is -4.44. The van der Waals surface area contributed by atoms with Crippen LogP contribution < -0.4 is 10.6 Å². The minimum absolute atomic E-state index is 0.122. The van der Waals surface area contributed by atoms with Gasteiger partial charge in [0.1, 0.15) is 17.4 Å². The summed E-state index contributed by atoms with van der Waals surface area (Å²) in [5.74, 6) is 1.86. The average molecular weight is 391 g/mol. The first-order valence-corrected chi connectivity index (χ1v) is 8.56. The van der Waals surface area contributed by atoms with Gasteiger partial charge in [-0.2, -0.15) is 13.2 Å². The molecule has 144 valence electrons. The van der Waals surface area contributed by atoms with E-state index in [1.165, 1.54) is 0 Å². The van der Waals surface area contributed by atoms with E-state index in [4.69, 9.17) is 4.74 Å². The van der Waals surface area contributed by atoms with Crippen LogP contribution >= 0.6 is 11.3 Å². The second kappa shape index (κ2) is 8.94. The Morgan fingerprint density at radius 3 is 2.69 bits per heavy atom. The number of hydrogen-bond donors (Lipinski definition) is 2. The van der Waals surface area contributed by atoms with Crippen LogP contribution in [0.1, 0.15) is 22.4 Å². The summed E-state index contributed by atoms with van der Waals surface area (Å²) in [5, 5.41) is 15.3. The summed E-state index contributed by atoms with van der Waals surface area (Å²) in [6.45, 7) is 3.17. The van der Waals surface area contributed by atoms with Crippen LogP contribution in [0.4, 0.5) is 13.2 Å². The molecule has 0 aliphatic carbocycles. The van der Waals surface area contributed by atoms with Crippen molar-refractivity contribution < 1.29 is 17.9 Å². The van der Waals surface area contributed by atoms with Crippen molar-refractivity contribution in [2.45, 2.75) is 26.2 Å². The number of halogens is 3. The lowest BCUT2D eigenvalue weighted by Gasteiger charge is -2.11. The molecule has 0 aliphatic heterocycles. The SMILES string of the molecule is COCCNC(=NCc1nnc(C)n1C)NCc1nc(C(F)(F)F)cs1. The molecule has 0 bridgehead atoms. The minimum Gasteiger partial charge on any atom is -0.383 e. The van der Waals surface area contributed by atoms with Crippen molar-refractivity contribution in [3.63, 3.8) is 0 Å². The zero-order chi connectivity index (χ0) is 19.2. The van der Waals surface area contributed by atoms with Gasteiger partial charge >= 0.3 is 6.18 Å². The molecule has 0 unspecified atom stereocenters. The molecule has 0 amide bonds. The molecule has 0 fully saturated rings. The molecular weight excluding hydrogens is 371 g/mol. The van der Waals surface area contributed by atoms with Crippen molar-refractivity contribution in [2.24, 2.45) is 12.0 Å². The quantitative estimate of drug-likeness (QED) is 0.422. The number of aliphatic imine (C=N–C) groups is 1. The van der Waals surface area contributed by atoms with Gasteiger partial charge in [0.15, 0.2) is 17.5 Å². The second-order valence-corrected chi connectivity index (χ2v) is 6.23. The second-order valence-electron chi connectivity index (χ2n) is 5.28. The predicted octanol–water partition coefficient (Wildman–Crippen LogP) is 1.48. The first-order valence-electron chi connectivity index (χ1n) is 7.69. The van der Waals surface area contributed by atoms with Crippen molar-refractivity contribution in [3.8, 4) is 0 Å². The highest BCUT2D eigenvalue weighted by Crippen LogP contribution is 2.29. The Labute approximate surface area is 152 Å². The smallest absolute Gasteiger partial charge is 0.383 e. The molecule has 2 N–H and O–H groups in total. The Hall–Kier alpha value is -2.21. The monoisotopic (exact) mass is 391 g/mol. The molecule has 0 saturated carbocycles. The summed E-state index contributed by atoms with van der Waals surface area (Å²) >= 11 is 0.939. The topological polar surface area (TPSA) is 89.2 Å². The van der Waals surface area contributed by atoms with Crippen LogP contribution in [0, 0.1) is 6.92 Å². The van der Waals surface area contributed by atoms with Crippen molar-refractivity contribution in [1.29, 1.82) is 0 Å². The van der Waals surface area contributed by atoms with E-state index in [-0.39, 0.29) is 13.1 Å². The fraction of sp³-hybridized carbons (Fsp3) is 0.571. The third-order valence-electron chi connectivity index (χ3n) is 3.41. The summed E-state index contributed by atoms with van der Waals surface area (Å²) in [7, 11) is 3.41. The van der Waals surface area contributed by atoms with Gasteiger partial charge in [-0.1, -0.05) is 0 Å². The van der Waals surface area contributed by atoms with E-state index >= 15 is 0 Å². The third-order valence-corrected chi connectivity index (χ3v) is 4.26. The zero-order valence-corrected chi connectivity index (χ0v) is 15.4. The fourth-order valence-corrected chi connectivity index (χ4v) is 2.61. The Bertz CT molecular complexity index is 741. The van der Waals surface area contributed by atoms with Gasteiger partial charge < -0.3 is 19.9 Å². The normalized spacial score (nSPS) is 12.5. The van der Waals surface area contributed by atoms with E-state index in [9.17, 15) is 13.2 Å². The van der Waals surface area contributed by atoms with Crippen LogP contribution in [-0.2, 0) is 31.1 Å². The van der Waals surface area contributed by atoms with Crippen LogP contribution in [0.2, 0.25) is 0 Å². The van der Waals surface area contributed by atoms with E-state index < -0.39 is 11.9 Å². The van der Waals surface area contributed by atoms with Crippen molar-refractivity contribution >= 4 is 17.3 Å². The lowest BCUT2D eigenvalue weighted by Crippen LogP contribution is -2.38. The Morgan fingerprint density at radius 2 is 2.12 bits per heavy atom. The van der Waals surface area contributed by atoms with E-state index in [2.05, 4.69) is 30.8 Å². The lowest BCUT2D eigenvalue weighted by atomic mass is 10.5. The standard InChI is InChI=1S/C14H20F3N7OS/c1-9-22-23-11(24(9)2)6-19-13(18-4-5-25-3)20-7-12-21-10(8-26-12)14(15,16)17/h8H,4-7H2,1-3H3,(H2,18,19,20). The Kier molecular flexibility index (Phi) is 6.91. The summed E-state index contributed by atoms with van der Waals surface area (Å²) < 4.78 is 44.6. The van der Waals surface area contributed by atoms with Gasteiger partial charge in [0.25, 0.3) is 0 Å². The number of nitrogens with one attached hydrogen (secondary N) is 2. The van der Waals surface area contributed by atoms with Crippen LogP contribution in [0.3, 0.4) is 0 Å². The molecular formula is C14H20F3N7OS. The minimum atomic E-state index is -4.44. The maximum absolute atomic E-state index is 12.6. The number of aromatic nitrogens is 4. The van der Waals surface area contributed by atoms with Gasteiger partial charge in [-0.25, -0.2) is 9.98 Å². The first kappa shape index (κ1) is 20.1. The largest absolute Gasteiger partial charge is 0.434 e. The number of rotatable bonds is 7. The summed E-state index contributed by atoms with van der Waals surface area (Å²) in [6, 6.07) is 0. The van der Waals surface area contributed by atoms with E-state index in [1.54, 1.807) is 7.11 Å². The number of nitrogens with zero attached hydrogens (tertiary/aromatic N) is 5. The molecule has 0 radical (unpaired) electrons. The number of hydrogen-bond acceptors (Lipinski definition) is 6. The molecule has 2 aromatic rings. The zero-order valence-electron chi connectivity index (χ0n) is 14.6. The molecule has 2 rings (SSSR count). The third kappa shape index (κ3) is 5.66. The lowest BCUT2D eigenvalue weighted by molar-refractivity contribution is -0.140. The number of thiazole rings is 1. The van der Waals surface area contributed by atoms with Crippen molar-refractivity contribution in [3.05, 3.63) is 27.7 Å². The van der Waals surface area contributed by atoms with Gasteiger partial charge in [-0.05, 0) is 6.92 Å². The molecule has 0 atom stereocenters. The number of aryl methyl sites for hydroxylation is 1. The Balaban J connectivity index is 2.00. The molecule has 12 heteroatoms. The molecule has 8 nitrogen and oxygen atoms in total. The van der Waals surface area contributed by atoms with Crippen LogP contribution in [0.5, 0.6) is 0 Å². The molecule has 2 heterocycles. The fourth-order valence-electron chi connectivity index (χ4n) is 1.87. The molecule has 2 aromatic heterocycles.